The topological polar surface area (TPSA) is 17.1 Å². The van der Waals surface area contributed by atoms with E-state index in [9.17, 15) is 18.0 Å². The Morgan fingerprint density at radius 2 is 1.63 bits per heavy atom. The van der Waals surface area contributed by atoms with Gasteiger partial charge in [0.15, 0.2) is 17.4 Å². The molecular formula is C14H8BrF3O. The van der Waals surface area contributed by atoms with Gasteiger partial charge in [-0.15, -0.1) is 0 Å². The van der Waals surface area contributed by atoms with E-state index < -0.39 is 17.5 Å². The van der Waals surface area contributed by atoms with E-state index in [1.807, 2.05) is 0 Å². The lowest BCUT2D eigenvalue weighted by Gasteiger charge is -2.05. The molecule has 98 valence electrons. The zero-order valence-electron chi connectivity index (χ0n) is 9.59. The Kier molecular flexibility index (Phi) is 4.04. The first-order valence-corrected chi connectivity index (χ1v) is 6.19. The maximum atomic E-state index is 13.3. The van der Waals surface area contributed by atoms with E-state index in [1.165, 1.54) is 30.3 Å². The SMILES string of the molecule is O=C(Cc1ccc(F)cc1)c1ccc(F)c(F)c1Br. The summed E-state index contributed by atoms with van der Waals surface area (Å²) in [6, 6.07) is 7.54. The van der Waals surface area contributed by atoms with Gasteiger partial charge in [0.1, 0.15) is 5.82 Å². The minimum atomic E-state index is -1.09. The fraction of sp³-hybridized carbons (Fsp3) is 0.0714. The third-order valence-corrected chi connectivity index (χ3v) is 3.39. The normalized spacial score (nSPS) is 10.5. The Balaban J connectivity index is 2.25. The van der Waals surface area contributed by atoms with E-state index >= 15 is 0 Å². The predicted octanol–water partition coefficient (Wildman–Crippen LogP) is 4.29. The van der Waals surface area contributed by atoms with E-state index in [-0.39, 0.29) is 22.2 Å². The first kappa shape index (κ1) is 13.8. The van der Waals surface area contributed by atoms with Crippen LogP contribution in [0.4, 0.5) is 13.2 Å². The molecule has 0 amide bonds. The van der Waals surface area contributed by atoms with Crippen molar-refractivity contribution < 1.29 is 18.0 Å². The van der Waals surface area contributed by atoms with Gasteiger partial charge >= 0.3 is 0 Å². The van der Waals surface area contributed by atoms with E-state index in [1.54, 1.807) is 0 Å². The molecule has 0 radical (unpaired) electrons. The molecule has 0 fully saturated rings. The van der Waals surface area contributed by atoms with E-state index in [4.69, 9.17) is 0 Å². The largest absolute Gasteiger partial charge is 0.294 e. The van der Waals surface area contributed by atoms with Gasteiger partial charge < -0.3 is 0 Å². The molecule has 19 heavy (non-hydrogen) atoms. The highest BCUT2D eigenvalue weighted by Crippen LogP contribution is 2.24. The standard InChI is InChI=1S/C14H8BrF3O/c15-13-10(5-6-11(17)14(13)18)12(19)7-8-1-3-9(16)4-2-8/h1-6H,7H2. The van der Waals surface area contributed by atoms with Gasteiger partial charge in [-0.3, -0.25) is 4.79 Å². The quantitative estimate of drug-likeness (QED) is 0.606. The molecule has 0 bridgehead atoms. The Hall–Kier alpha value is -1.62. The minimum Gasteiger partial charge on any atom is -0.294 e. The van der Waals surface area contributed by atoms with Crippen molar-refractivity contribution in [3.05, 3.63) is 69.4 Å². The van der Waals surface area contributed by atoms with E-state index in [0.717, 1.165) is 6.07 Å². The van der Waals surface area contributed by atoms with Crippen molar-refractivity contribution in [3.8, 4) is 0 Å². The number of carbonyl (C=O) groups excluding carboxylic acids is 1. The van der Waals surface area contributed by atoms with Crippen LogP contribution >= 0.6 is 15.9 Å². The molecule has 5 heteroatoms. The van der Waals surface area contributed by atoms with Crippen LogP contribution < -0.4 is 0 Å². The van der Waals surface area contributed by atoms with Crippen LogP contribution in [-0.2, 0) is 6.42 Å². The van der Waals surface area contributed by atoms with E-state index in [2.05, 4.69) is 15.9 Å². The van der Waals surface area contributed by atoms with Gasteiger partial charge in [0.2, 0.25) is 0 Å². The minimum absolute atomic E-state index is 0.00997. The fourth-order valence-corrected chi connectivity index (χ4v) is 2.17. The van der Waals surface area contributed by atoms with Crippen molar-refractivity contribution in [2.24, 2.45) is 0 Å². The van der Waals surface area contributed by atoms with Crippen molar-refractivity contribution in [1.82, 2.24) is 0 Å². The number of rotatable bonds is 3. The molecule has 0 N–H and O–H groups in total. The van der Waals surface area contributed by atoms with Gasteiger partial charge in [0.25, 0.3) is 0 Å². The number of Topliss-reactive ketones (excluding diaryl/α,β-unsaturated/α-hetero) is 1. The number of halogens is 4. The van der Waals surface area contributed by atoms with Gasteiger partial charge in [0, 0.05) is 12.0 Å². The summed E-state index contributed by atoms with van der Waals surface area (Å²) in [5, 5.41) is 0. The van der Waals surface area contributed by atoms with Crippen molar-refractivity contribution >= 4 is 21.7 Å². The summed E-state index contributed by atoms with van der Waals surface area (Å²) in [7, 11) is 0. The molecule has 0 aliphatic carbocycles. The summed E-state index contributed by atoms with van der Waals surface area (Å²) >= 11 is 2.86. The lowest BCUT2D eigenvalue weighted by Crippen LogP contribution is -2.06. The molecule has 0 aliphatic heterocycles. The average molecular weight is 329 g/mol. The first-order valence-electron chi connectivity index (χ1n) is 5.40. The van der Waals surface area contributed by atoms with E-state index in [0.29, 0.717) is 5.56 Å². The molecule has 0 unspecified atom stereocenters. The highest BCUT2D eigenvalue weighted by Gasteiger charge is 2.16. The Bertz CT molecular complexity index is 623. The van der Waals surface area contributed by atoms with Crippen LogP contribution in [0.5, 0.6) is 0 Å². The lowest BCUT2D eigenvalue weighted by molar-refractivity contribution is 0.0991. The van der Waals surface area contributed by atoms with Gasteiger partial charge in [0.05, 0.1) is 4.47 Å². The van der Waals surface area contributed by atoms with Crippen LogP contribution in [0.1, 0.15) is 15.9 Å². The number of benzene rings is 2. The van der Waals surface area contributed by atoms with Crippen molar-refractivity contribution in [1.29, 1.82) is 0 Å². The van der Waals surface area contributed by atoms with Gasteiger partial charge in [-0.25, -0.2) is 13.2 Å². The number of hydrogen-bond donors (Lipinski definition) is 0. The Morgan fingerprint density at radius 3 is 2.26 bits per heavy atom. The molecule has 2 aromatic rings. The Morgan fingerprint density at radius 1 is 1.00 bits per heavy atom. The van der Waals surface area contributed by atoms with Crippen LogP contribution in [0.25, 0.3) is 0 Å². The first-order chi connectivity index (χ1) is 8.99. The summed E-state index contributed by atoms with van der Waals surface area (Å²) in [5.41, 5.74) is 0.659. The van der Waals surface area contributed by atoms with Crippen LogP contribution in [0.3, 0.4) is 0 Å². The van der Waals surface area contributed by atoms with Crippen molar-refractivity contribution in [2.75, 3.05) is 0 Å². The predicted molar refractivity (Wildman–Crippen MR) is 68.5 cm³/mol. The molecule has 0 saturated carbocycles. The molecule has 0 spiro atoms. The molecule has 0 atom stereocenters. The summed E-state index contributed by atoms with van der Waals surface area (Å²) in [5.74, 6) is -2.89. The van der Waals surface area contributed by atoms with Gasteiger partial charge in [-0.2, -0.15) is 0 Å². The summed E-state index contributed by atoms with van der Waals surface area (Å²) in [4.78, 5) is 12.0. The zero-order chi connectivity index (χ0) is 14.0. The fourth-order valence-electron chi connectivity index (χ4n) is 1.62. The monoisotopic (exact) mass is 328 g/mol. The molecular weight excluding hydrogens is 321 g/mol. The second-order valence-corrected chi connectivity index (χ2v) is 4.74. The second-order valence-electron chi connectivity index (χ2n) is 3.95. The molecule has 2 rings (SSSR count). The van der Waals surface area contributed by atoms with Crippen LogP contribution in [0.15, 0.2) is 40.9 Å². The Labute approximate surface area is 116 Å². The summed E-state index contributed by atoms with van der Waals surface area (Å²) in [6.45, 7) is 0. The van der Waals surface area contributed by atoms with Crippen molar-refractivity contribution in [2.45, 2.75) is 6.42 Å². The van der Waals surface area contributed by atoms with Crippen molar-refractivity contribution in [3.63, 3.8) is 0 Å². The smallest absolute Gasteiger partial charge is 0.173 e. The number of carbonyl (C=O) groups is 1. The van der Waals surface area contributed by atoms with Crippen LogP contribution in [0, 0.1) is 17.5 Å². The summed E-state index contributed by atoms with van der Waals surface area (Å²) < 4.78 is 38.8. The molecule has 2 aromatic carbocycles. The third-order valence-electron chi connectivity index (χ3n) is 2.61. The van der Waals surface area contributed by atoms with Crippen LogP contribution in [-0.4, -0.2) is 5.78 Å². The zero-order valence-corrected chi connectivity index (χ0v) is 11.2. The number of ketones is 1. The molecule has 0 aliphatic rings. The van der Waals surface area contributed by atoms with Crippen LogP contribution in [0.2, 0.25) is 0 Å². The number of hydrogen-bond acceptors (Lipinski definition) is 1. The summed E-state index contributed by atoms with van der Waals surface area (Å²) in [6.07, 6.45) is -0.00997. The molecule has 0 aromatic heterocycles. The lowest BCUT2D eigenvalue weighted by atomic mass is 10.0. The molecule has 1 nitrogen and oxygen atoms in total. The average Bonchev–Trinajstić information content (AvgIpc) is 2.39. The maximum absolute atomic E-state index is 13.3. The molecule has 0 heterocycles. The highest BCUT2D eigenvalue weighted by molar-refractivity contribution is 9.10. The second kappa shape index (κ2) is 5.57. The third kappa shape index (κ3) is 3.04. The molecule has 0 saturated heterocycles. The maximum Gasteiger partial charge on any atom is 0.173 e. The van der Waals surface area contributed by atoms with Gasteiger partial charge in [-0.05, 0) is 45.8 Å². The van der Waals surface area contributed by atoms with Gasteiger partial charge in [-0.1, -0.05) is 12.1 Å². The highest BCUT2D eigenvalue weighted by atomic mass is 79.9.